The van der Waals surface area contributed by atoms with Crippen molar-refractivity contribution in [1.82, 2.24) is 13.7 Å². The van der Waals surface area contributed by atoms with Crippen molar-refractivity contribution in [2.24, 2.45) is 0 Å². The molecule has 0 spiro atoms. The van der Waals surface area contributed by atoms with E-state index < -0.39 is 0 Å². The van der Waals surface area contributed by atoms with E-state index in [9.17, 15) is 0 Å². The average Bonchev–Trinajstić information content (AvgIpc) is 1.73. The van der Waals surface area contributed by atoms with Crippen LogP contribution in [0, 0.1) is 0 Å². The molecule has 14 aromatic carbocycles. The Balaban J connectivity index is 0.000000117. The monoisotopic (exact) mass is 1310 g/mol. The summed E-state index contributed by atoms with van der Waals surface area (Å²) in [5.74, 6) is 0. The molecule has 0 atom stereocenters. The summed E-state index contributed by atoms with van der Waals surface area (Å²) in [6.07, 6.45) is 7.73. The average molecular weight is 1310 g/mol. The highest BCUT2D eigenvalue weighted by Gasteiger charge is 2.32. The molecule has 20 rings (SSSR count). The molecule has 3 aliphatic rings. The second-order valence-electron chi connectivity index (χ2n) is 24.6. The van der Waals surface area contributed by atoms with E-state index in [1.54, 1.807) is 0 Å². The molecule has 7 nitrogen and oxygen atoms in total. The number of hydrogen-bond donors (Lipinski definition) is 0. The Kier molecular flexibility index (Phi) is 14.3. The molecule has 0 amide bonds. The van der Waals surface area contributed by atoms with E-state index in [2.05, 4.69) is 413 Å². The lowest BCUT2D eigenvalue weighted by atomic mass is 10.0. The van der Waals surface area contributed by atoms with Gasteiger partial charge in [-0.2, -0.15) is 0 Å². The number of aromatic nitrogens is 3. The Hall–Kier alpha value is -12.4. The number of allylic oxidation sites excluding steroid dienone is 1. The molecule has 97 heavy (non-hydrogen) atoms. The van der Waals surface area contributed by atoms with Crippen molar-refractivity contribution < 1.29 is 0 Å². The highest BCUT2D eigenvalue weighted by atomic mass is 79.9. The van der Waals surface area contributed by atoms with Crippen molar-refractivity contribution in [1.29, 1.82) is 0 Å². The van der Waals surface area contributed by atoms with Crippen molar-refractivity contribution in [3.8, 4) is 17.1 Å². The number of fused-ring (bicyclic) bond motifs is 14. The molecule has 0 unspecified atom stereocenters. The zero-order valence-corrected chi connectivity index (χ0v) is 54.4. The predicted octanol–water partition coefficient (Wildman–Crippen LogP) is 25.0. The molecule has 460 valence electrons. The third-order valence-electron chi connectivity index (χ3n) is 19.1. The number of para-hydroxylation sites is 14. The first-order chi connectivity index (χ1) is 48.1. The minimum absolute atomic E-state index is 1.02. The lowest BCUT2D eigenvalue weighted by Gasteiger charge is -2.40. The zero-order valence-electron chi connectivity index (χ0n) is 52.9. The molecule has 3 aromatic heterocycles. The zero-order chi connectivity index (χ0) is 64.3. The van der Waals surface area contributed by atoms with E-state index in [-0.39, 0.29) is 0 Å². The summed E-state index contributed by atoms with van der Waals surface area (Å²) < 4.78 is 8.25. The van der Waals surface area contributed by atoms with Crippen LogP contribution in [0.1, 0.15) is 11.1 Å². The first-order valence-electron chi connectivity index (χ1n) is 33.0. The van der Waals surface area contributed by atoms with Gasteiger partial charge in [0, 0.05) is 77.4 Å². The molecule has 8 heteroatoms. The Morgan fingerprint density at radius 1 is 0.247 bits per heavy atom. The number of benzene rings is 14. The minimum atomic E-state index is 1.02. The third kappa shape index (κ3) is 9.79. The molecule has 0 saturated heterocycles. The van der Waals surface area contributed by atoms with Crippen LogP contribution in [0.2, 0.25) is 0 Å². The van der Waals surface area contributed by atoms with Crippen LogP contribution in [-0.4, -0.2) is 13.7 Å². The van der Waals surface area contributed by atoms with Gasteiger partial charge in [0.1, 0.15) is 0 Å². The fraction of sp³-hybridized carbons (Fsp3) is 0.0112. The van der Waals surface area contributed by atoms with Crippen LogP contribution in [0.5, 0.6) is 0 Å². The van der Waals surface area contributed by atoms with E-state index in [1.807, 2.05) is 0 Å². The first-order valence-corrected chi connectivity index (χ1v) is 33.8. The third-order valence-corrected chi connectivity index (χ3v) is 19.6. The number of nitrogens with zero attached hydrogens (tertiary/aromatic N) is 7. The van der Waals surface area contributed by atoms with Crippen LogP contribution >= 0.6 is 15.9 Å². The van der Waals surface area contributed by atoms with Crippen molar-refractivity contribution >= 4 is 145 Å². The summed E-state index contributed by atoms with van der Waals surface area (Å²) in [5.41, 5.74) is 26.4. The standard InChI is InChI=1S/C44H30N4.C24H17BrN2.C21H15N/c1-3-13-33(14-4-1)46-39-19-9-11-21-41(39)47(42-22-12-10-20-40(42)46)35-26-24-32(25-27-35)45-30-29-31-23-28-37-36-17-7-8-18-38(36)48(44(37)43(31)45)34-15-5-2-6-16-34;25-18-14-16-20(17-15-18)27-23-12-6-4-10-21(23)26(19-8-2-1-3-9-19)22-11-5-7-13-24(22)27;1-2-8-16(9-3-1)22-20-12-5-4-10-18(20)19-14-13-15-7-6-11-17(15)21(19)22/h1-30H;1-17H;1-10,12-14H,11H2. The summed E-state index contributed by atoms with van der Waals surface area (Å²) in [4.78, 5) is 9.41. The Bertz CT molecular complexity index is 5720. The molecule has 0 bridgehead atoms. The van der Waals surface area contributed by atoms with Crippen LogP contribution < -0.4 is 19.6 Å². The number of halogens is 1. The molecule has 17 aromatic rings. The van der Waals surface area contributed by atoms with Gasteiger partial charge in [-0.3, -0.25) is 0 Å². The topological polar surface area (TPSA) is 27.8 Å². The van der Waals surface area contributed by atoms with E-state index >= 15 is 0 Å². The summed E-state index contributed by atoms with van der Waals surface area (Å²) >= 11 is 3.55. The summed E-state index contributed by atoms with van der Waals surface area (Å²) in [6.45, 7) is 0. The smallest absolute Gasteiger partial charge is 0.0788 e. The van der Waals surface area contributed by atoms with Gasteiger partial charge in [0.25, 0.3) is 0 Å². The van der Waals surface area contributed by atoms with E-state index in [0.717, 1.165) is 67.8 Å². The molecule has 0 saturated carbocycles. The summed E-state index contributed by atoms with van der Waals surface area (Å²) in [6, 6.07) is 123. The maximum Gasteiger partial charge on any atom is 0.0788 e. The van der Waals surface area contributed by atoms with Gasteiger partial charge in [-0.15, -0.1) is 0 Å². The molecule has 2 aliphatic heterocycles. The normalized spacial score (nSPS) is 12.6. The molecule has 0 N–H and O–H groups in total. The minimum Gasteiger partial charge on any atom is -0.315 e. The number of anilines is 12. The van der Waals surface area contributed by atoms with E-state index in [1.165, 1.54) is 94.1 Å². The van der Waals surface area contributed by atoms with Crippen molar-refractivity contribution in [2.75, 3.05) is 19.6 Å². The second kappa shape index (κ2) is 24.2. The number of rotatable bonds is 7. The lowest BCUT2D eigenvalue weighted by molar-refractivity contribution is 1.11. The fourth-order valence-corrected chi connectivity index (χ4v) is 15.2. The molecular formula is C89H62BrN7. The lowest BCUT2D eigenvalue weighted by Crippen LogP contribution is -2.23. The van der Waals surface area contributed by atoms with Crippen molar-refractivity contribution in [3.63, 3.8) is 0 Å². The molecule has 1 aliphatic carbocycles. The summed E-state index contributed by atoms with van der Waals surface area (Å²) in [7, 11) is 0. The van der Waals surface area contributed by atoms with Crippen molar-refractivity contribution in [3.05, 3.63) is 374 Å². The molecule has 0 radical (unpaired) electrons. The van der Waals surface area contributed by atoms with Gasteiger partial charge >= 0.3 is 0 Å². The quantitative estimate of drug-likeness (QED) is 0.159. The first kappa shape index (κ1) is 57.3. The van der Waals surface area contributed by atoms with Crippen LogP contribution in [0.25, 0.3) is 77.7 Å². The van der Waals surface area contributed by atoms with Crippen LogP contribution in [0.4, 0.5) is 68.2 Å². The van der Waals surface area contributed by atoms with Gasteiger partial charge in [0.15, 0.2) is 0 Å². The van der Waals surface area contributed by atoms with Crippen LogP contribution in [0.15, 0.2) is 363 Å². The fourth-order valence-electron chi connectivity index (χ4n) is 14.9. The van der Waals surface area contributed by atoms with Gasteiger partial charge in [0.05, 0.1) is 73.1 Å². The van der Waals surface area contributed by atoms with Crippen molar-refractivity contribution in [2.45, 2.75) is 6.42 Å². The Morgan fingerprint density at radius 3 is 1.03 bits per heavy atom. The second-order valence-corrected chi connectivity index (χ2v) is 25.5. The van der Waals surface area contributed by atoms with Gasteiger partial charge in [-0.25, -0.2) is 0 Å². The SMILES string of the molecule is Brc1ccc(N2c3ccccc3N(c3ccccc3)c3ccccc32)cc1.C1=Cc2ccc3c4ccccc4n(-c4ccccc4)c3c2C1.c1ccc(N2c3ccccc3N(c3ccc(-n4ccc5ccc6c7ccccc7n(-c7ccccc7)c6c54)cc3)c3ccccc32)cc1. The van der Waals surface area contributed by atoms with Gasteiger partial charge < -0.3 is 33.3 Å². The largest absolute Gasteiger partial charge is 0.315 e. The highest BCUT2D eigenvalue weighted by molar-refractivity contribution is 9.10. The van der Waals surface area contributed by atoms with Crippen LogP contribution in [-0.2, 0) is 6.42 Å². The van der Waals surface area contributed by atoms with E-state index in [4.69, 9.17) is 0 Å². The van der Waals surface area contributed by atoms with Crippen LogP contribution in [0.3, 0.4) is 0 Å². The highest BCUT2D eigenvalue weighted by Crippen LogP contribution is 2.56. The number of hydrogen-bond acceptors (Lipinski definition) is 4. The summed E-state index contributed by atoms with van der Waals surface area (Å²) in [5, 5.41) is 6.40. The molecule has 5 heterocycles. The van der Waals surface area contributed by atoms with E-state index in [0.29, 0.717) is 0 Å². The predicted molar refractivity (Wildman–Crippen MR) is 411 cm³/mol. The molecule has 0 fully saturated rings. The van der Waals surface area contributed by atoms with Gasteiger partial charge in [0.2, 0.25) is 0 Å². The molecular weight excluding hydrogens is 1250 g/mol. The Morgan fingerprint density at radius 2 is 0.588 bits per heavy atom. The Labute approximate surface area is 571 Å². The van der Waals surface area contributed by atoms with Gasteiger partial charge in [-0.1, -0.05) is 210 Å². The maximum absolute atomic E-state index is 3.55. The maximum atomic E-state index is 3.55. The van der Waals surface area contributed by atoms with Gasteiger partial charge in [-0.05, 0) is 181 Å².